The summed E-state index contributed by atoms with van der Waals surface area (Å²) in [5, 5.41) is 10.3. The summed E-state index contributed by atoms with van der Waals surface area (Å²) in [6.45, 7) is 3.54. The first kappa shape index (κ1) is 14.3. The predicted molar refractivity (Wildman–Crippen MR) is 76.9 cm³/mol. The molecule has 1 heterocycles. The molecular formula is C15H24N2O2. The highest BCUT2D eigenvalue weighted by molar-refractivity contribution is 5.41. The summed E-state index contributed by atoms with van der Waals surface area (Å²) < 4.78 is 5.23. The van der Waals surface area contributed by atoms with Crippen molar-refractivity contribution in [1.82, 2.24) is 4.90 Å². The van der Waals surface area contributed by atoms with Crippen molar-refractivity contribution in [2.75, 3.05) is 39.1 Å². The van der Waals surface area contributed by atoms with Crippen molar-refractivity contribution in [3.63, 3.8) is 0 Å². The lowest BCUT2D eigenvalue weighted by atomic mass is 9.98. The number of benzene rings is 1. The summed E-state index contributed by atoms with van der Waals surface area (Å²) in [5.74, 6) is 0.590. The Kier molecular flexibility index (Phi) is 5.19. The minimum absolute atomic E-state index is 0.468. The average Bonchev–Trinajstić information content (AvgIpc) is 2.39. The highest BCUT2D eigenvalue weighted by atomic mass is 16.5. The Labute approximate surface area is 115 Å². The van der Waals surface area contributed by atoms with E-state index in [1.165, 1.54) is 12.8 Å². The number of hydrogen-bond acceptors (Lipinski definition) is 4. The van der Waals surface area contributed by atoms with Gasteiger partial charge in [0.1, 0.15) is 0 Å². The molecule has 0 aromatic heterocycles. The summed E-state index contributed by atoms with van der Waals surface area (Å²) >= 11 is 0. The third-order valence-corrected chi connectivity index (χ3v) is 3.73. The molecule has 2 rings (SSSR count). The van der Waals surface area contributed by atoms with Crippen LogP contribution in [-0.2, 0) is 4.74 Å². The van der Waals surface area contributed by atoms with Gasteiger partial charge < -0.3 is 20.5 Å². The molecule has 0 spiro atoms. The monoisotopic (exact) mass is 264 g/mol. The molecule has 0 radical (unpaired) electrons. The molecule has 0 bridgehead atoms. The van der Waals surface area contributed by atoms with Crippen LogP contribution in [0.5, 0.6) is 0 Å². The van der Waals surface area contributed by atoms with Crippen LogP contribution in [0.25, 0.3) is 0 Å². The zero-order chi connectivity index (χ0) is 13.7. The fourth-order valence-electron chi connectivity index (χ4n) is 2.81. The second-order valence-electron chi connectivity index (χ2n) is 5.41. The van der Waals surface area contributed by atoms with Gasteiger partial charge in [0.25, 0.3) is 0 Å². The Balaban J connectivity index is 1.89. The van der Waals surface area contributed by atoms with Gasteiger partial charge in [0, 0.05) is 25.9 Å². The van der Waals surface area contributed by atoms with Crippen LogP contribution in [0.3, 0.4) is 0 Å². The zero-order valence-corrected chi connectivity index (χ0v) is 11.6. The normalized spacial score (nSPS) is 22.3. The number of β-amino-alcohol motifs (C(OH)–C–C–N with tert-alkyl or cyclic N) is 1. The molecule has 3 N–H and O–H groups in total. The second-order valence-corrected chi connectivity index (χ2v) is 5.41. The Morgan fingerprint density at radius 2 is 2.37 bits per heavy atom. The van der Waals surface area contributed by atoms with Crippen LogP contribution in [0.4, 0.5) is 5.69 Å². The summed E-state index contributed by atoms with van der Waals surface area (Å²) in [6, 6.07) is 7.50. The number of aliphatic hydroxyl groups excluding tert-OH is 1. The van der Waals surface area contributed by atoms with Crippen LogP contribution in [0.15, 0.2) is 24.3 Å². The van der Waals surface area contributed by atoms with E-state index in [2.05, 4.69) is 4.90 Å². The maximum Gasteiger partial charge on any atom is 0.0917 e. The van der Waals surface area contributed by atoms with Crippen LogP contribution in [0, 0.1) is 5.92 Å². The largest absolute Gasteiger partial charge is 0.399 e. The van der Waals surface area contributed by atoms with Crippen molar-refractivity contribution in [2.24, 2.45) is 5.92 Å². The molecule has 1 aromatic rings. The van der Waals surface area contributed by atoms with Crippen molar-refractivity contribution in [1.29, 1.82) is 0 Å². The van der Waals surface area contributed by atoms with E-state index in [1.54, 1.807) is 7.11 Å². The quantitative estimate of drug-likeness (QED) is 0.794. The Morgan fingerprint density at radius 3 is 3.11 bits per heavy atom. The maximum atomic E-state index is 10.3. The van der Waals surface area contributed by atoms with Gasteiger partial charge in [-0.15, -0.1) is 0 Å². The molecule has 0 saturated carbocycles. The smallest absolute Gasteiger partial charge is 0.0917 e. The van der Waals surface area contributed by atoms with Crippen molar-refractivity contribution in [3.05, 3.63) is 29.8 Å². The van der Waals surface area contributed by atoms with E-state index in [1.807, 2.05) is 24.3 Å². The lowest BCUT2D eigenvalue weighted by molar-refractivity contribution is 0.0563. The number of anilines is 1. The molecule has 2 unspecified atom stereocenters. The molecule has 106 valence electrons. The summed E-state index contributed by atoms with van der Waals surface area (Å²) in [5.41, 5.74) is 7.35. The molecule has 1 aromatic carbocycles. The fourth-order valence-corrected chi connectivity index (χ4v) is 2.81. The van der Waals surface area contributed by atoms with Crippen LogP contribution in [0.1, 0.15) is 24.5 Å². The van der Waals surface area contributed by atoms with Crippen molar-refractivity contribution in [2.45, 2.75) is 18.9 Å². The van der Waals surface area contributed by atoms with E-state index < -0.39 is 6.10 Å². The van der Waals surface area contributed by atoms with E-state index in [4.69, 9.17) is 10.5 Å². The number of methoxy groups -OCH3 is 1. The van der Waals surface area contributed by atoms with Gasteiger partial charge in [-0.25, -0.2) is 0 Å². The van der Waals surface area contributed by atoms with Gasteiger partial charge in [0.05, 0.1) is 12.7 Å². The first-order valence-electron chi connectivity index (χ1n) is 6.94. The van der Waals surface area contributed by atoms with E-state index in [0.29, 0.717) is 18.2 Å². The van der Waals surface area contributed by atoms with Gasteiger partial charge >= 0.3 is 0 Å². The first-order valence-corrected chi connectivity index (χ1v) is 6.94. The van der Waals surface area contributed by atoms with Crippen LogP contribution in [-0.4, -0.2) is 43.4 Å². The Bertz CT molecular complexity index is 395. The second kappa shape index (κ2) is 6.89. The van der Waals surface area contributed by atoms with Gasteiger partial charge in [0.15, 0.2) is 0 Å². The summed E-state index contributed by atoms with van der Waals surface area (Å²) in [7, 11) is 1.75. The maximum absolute atomic E-state index is 10.3. The molecule has 1 aliphatic rings. The molecule has 0 aliphatic carbocycles. The first-order chi connectivity index (χ1) is 9.19. The summed E-state index contributed by atoms with van der Waals surface area (Å²) in [4.78, 5) is 2.32. The number of nitrogens with zero attached hydrogens (tertiary/aromatic N) is 1. The van der Waals surface area contributed by atoms with E-state index >= 15 is 0 Å². The van der Waals surface area contributed by atoms with Crippen molar-refractivity contribution >= 4 is 5.69 Å². The minimum atomic E-state index is -0.468. The van der Waals surface area contributed by atoms with E-state index in [9.17, 15) is 5.11 Å². The highest BCUT2D eigenvalue weighted by Crippen LogP contribution is 2.21. The number of likely N-dealkylation sites (tertiary alicyclic amines) is 1. The molecule has 1 fully saturated rings. The van der Waals surface area contributed by atoms with Crippen molar-refractivity contribution < 1.29 is 9.84 Å². The molecule has 19 heavy (non-hydrogen) atoms. The van der Waals surface area contributed by atoms with E-state index in [0.717, 1.165) is 25.3 Å². The molecule has 1 aliphatic heterocycles. The van der Waals surface area contributed by atoms with Gasteiger partial charge in [-0.2, -0.15) is 0 Å². The van der Waals surface area contributed by atoms with E-state index in [-0.39, 0.29) is 0 Å². The number of nitrogens with two attached hydrogens (primary N) is 1. The topological polar surface area (TPSA) is 58.7 Å². The summed E-state index contributed by atoms with van der Waals surface area (Å²) in [6.07, 6.45) is 1.93. The zero-order valence-electron chi connectivity index (χ0n) is 11.6. The standard InChI is InChI=1S/C15H24N2O2/c1-19-11-12-4-3-7-17(9-12)10-15(18)13-5-2-6-14(16)8-13/h2,5-6,8,12,15,18H,3-4,7,9-11,16H2,1H3. The molecule has 2 atom stereocenters. The number of hydrogen-bond donors (Lipinski definition) is 2. The van der Waals surface area contributed by atoms with Crippen LogP contribution in [0.2, 0.25) is 0 Å². The van der Waals surface area contributed by atoms with Crippen LogP contribution >= 0.6 is 0 Å². The SMILES string of the molecule is COCC1CCCN(CC(O)c2cccc(N)c2)C1. The minimum Gasteiger partial charge on any atom is -0.399 e. The van der Waals surface area contributed by atoms with Gasteiger partial charge in [-0.1, -0.05) is 12.1 Å². The Hall–Kier alpha value is -1.10. The lowest BCUT2D eigenvalue weighted by Crippen LogP contribution is -2.39. The number of nitrogen functional groups attached to an aromatic ring is 1. The van der Waals surface area contributed by atoms with Crippen molar-refractivity contribution in [3.8, 4) is 0 Å². The molecule has 4 nitrogen and oxygen atoms in total. The number of aliphatic hydroxyl groups is 1. The third-order valence-electron chi connectivity index (χ3n) is 3.73. The van der Waals surface area contributed by atoms with Crippen LogP contribution < -0.4 is 5.73 Å². The fraction of sp³-hybridized carbons (Fsp3) is 0.600. The molecule has 4 heteroatoms. The Morgan fingerprint density at radius 1 is 1.53 bits per heavy atom. The van der Waals surface area contributed by atoms with Gasteiger partial charge in [-0.3, -0.25) is 0 Å². The lowest BCUT2D eigenvalue weighted by Gasteiger charge is -2.33. The van der Waals surface area contributed by atoms with Gasteiger partial charge in [-0.05, 0) is 43.0 Å². The molecular weight excluding hydrogens is 240 g/mol. The highest BCUT2D eigenvalue weighted by Gasteiger charge is 2.22. The predicted octanol–water partition coefficient (Wildman–Crippen LogP) is 1.66. The molecule has 0 amide bonds. The number of ether oxygens (including phenoxy) is 1. The average molecular weight is 264 g/mol. The number of rotatable bonds is 5. The van der Waals surface area contributed by atoms with Gasteiger partial charge in [0.2, 0.25) is 0 Å². The molecule has 1 saturated heterocycles. The third kappa shape index (κ3) is 4.20. The number of piperidine rings is 1.